The second-order valence-corrected chi connectivity index (χ2v) is 7.07. The van der Waals surface area contributed by atoms with Crippen LogP contribution in [-0.4, -0.2) is 34.7 Å². The lowest BCUT2D eigenvalue weighted by atomic mass is 9.88. The zero-order valence-corrected chi connectivity index (χ0v) is 14.9. The van der Waals surface area contributed by atoms with Gasteiger partial charge in [-0.3, -0.25) is 9.80 Å². The molecule has 0 bridgehead atoms. The minimum atomic E-state index is -0.808. The number of amides is 1. The molecule has 0 saturated heterocycles. The highest BCUT2D eigenvalue weighted by molar-refractivity contribution is 6.05. The number of halogens is 1. The quantitative estimate of drug-likeness (QED) is 0.724. The van der Waals surface area contributed by atoms with E-state index in [1.54, 1.807) is 26.8 Å². The van der Waals surface area contributed by atoms with E-state index in [2.05, 4.69) is 10.7 Å². The molecule has 5 nitrogen and oxygen atoms in total. The first kappa shape index (κ1) is 18.4. The third-order valence-corrected chi connectivity index (χ3v) is 4.13. The van der Waals surface area contributed by atoms with Crippen molar-refractivity contribution in [3.05, 3.63) is 41.4 Å². The molecule has 3 N–H and O–H groups in total. The van der Waals surface area contributed by atoms with Crippen molar-refractivity contribution in [3.63, 3.8) is 0 Å². The van der Waals surface area contributed by atoms with Gasteiger partial charge in [-0.25, -0.2) is 5.43 Å². The topological polar surface area (TPSA) is 64.6 Å². The fraction of sp³-hybridized carbons (Fsp3) is 0.500. The number of hydrazine groups is 1. The van der Waals surface area contributed by atoms with Gasteiger partial charge >= 0.3 is 0 Å². The number of benzene rings is 1. The number of hydrogen-bond donors (Lipinski definition) is 3. The second kappa shape index (κ2) is 6.91. The van der Waals surface area contributed by atoms with Gasteiger partial charge in [0.25, 0.3) is 5.91 Å². The Labute approximate surface area is 142 Å². The summed E-state index contributed by atoms with van der Waals surface area (Å²) >= 11 is 0. The maximum Gasteiger partial charge on any atom is 0.257 e. The number of aliphatic hydroxyl groups is 1. The van der Waals surface area contributed by atoms with Crippen molar-refractivity contribution < 1.29 is 14.3 Å². The highest BCUT2D eigenvalue weighted by Crippen LogP contribution is 2.31. The predicted molar refractivity (Wildman–Crippen MR) is 92.9 cm³/mol. The SMILES string of the molecule is CC1NN(C)C(F)=C1C(=O)Nc1ccccc1C(C)CC(C)(C)O. The molecule has 1 aliphatic heterocycles. The molecule has 0 fully saturated rings. The average Bonchev–Trinajstić information content (AvgIpc) is 2.70. The summed E-state index contributed by atoms with van der Waals surface area (Å²) in [7, 11) is 1.53. The maximum atomic E-state index is 14.1. The molecule has 24 heavy (non-hydrogen) atoms. The van der Waals surface area contributed by atoms with Crippen molar-refractivity contribution in [1.29, 1.82) is 0 Å². The van der Waals surface area contributed by atoms with Crippen LogP contribution in [0.25, 0.3) is 0 Å². The van der Waals surface area contributed by atoms with E-state index >= 15 is 0 Å². The van der Waals surface area contributed by atoms with Gasteiger partial charge in [-0.2, -0.15) is 4.39 Å². The number of nitrogens with zero attached hydrogens (tertiary/aromatic N) is 1. The van der Waals surface area contributed by atoms with E-state index in [0.717, 1.165) is 5.56 Å². The molecule has 0 aromatic heterocycles. The molecule has 2 atom stereocenters. The fourth-order valence-electron chi connectivity index (χ4n) is 3.15. The Morgan fingerprint density at radius 3 is 2.62 bits per heavy atom. The van der Waals surface area contributed by atoms with Crippen LogP contribution in [0.2, 0.25) is 0 Å². The number of carbonyl (C=O) groups is 1. The van der Waals surface area contributed by atoms with Crippen LogP contribution < -0.4 is 10.7 Å². The van der Waals surface area contributed by atoms with E-state index in [1.807, 2.05) is 25.1 Å². The van der Waals surface area contributed by atoms with Crippen molar-refractivity contribution in [3.8, 4) is 0 Å². The third kappa shape index (κ3) is 4.13. The molecule has 1 heterocycles. The van der Waals surface area contributed by atoms with Crippen molar-refractivity contribution in [2.45, 2.75) is 51.7 Å². The largest absolute Gasteiger partial charge is 0.390 e. The van der Waals surface area contributed by atoms with E-state index in [-0.39, 0.29) is 11.5 Å². The summed E-state index contributed by atoms with van der Waals surface area (Å²) in [5.41, 5.74) is 3.68. The molecule has 2 rings (SSSR count). The Morgan fingerprint density at radius 2 is 2.08 bits per heavy atom. The Morgan fingerprint density at radius 1 is 1.46 bits per heavy atom. The maximum absolute atomic E-state index is 14.1. The van der Waals surface area contributed by atoms with E-state index in [4.69, 9.17) is 0 Å². The molecule has 1 aromatic rings. The normalized spacial score (nSPS) is 19.6. The van der Waals surface area contributed by atoms with Gasteiger partial charge in [0, 0.05) is 12.7 Å². The lowest BCUT2D eigenvalue weighted by molar-refractivity contribution is -0.113. The van der Waals surface area contributed by atoms with Crippen LogP contribution in [0.3, 0.4) is 0 Å². The molecule has 0 radical (unpaired) electrons. The van der Waals surface area contributed by atoms with Crippen molar-refractivity contribution in [2.24, 2.45) is 0 Å². The summed E-state index contributed by atoms with van der Waals surface area (Å²) in [6, 6.07) is 7.03. The molecular formula is C18H26FN3O2. The first-order valence-electron chi connectivity index (χ1n) is 8.12. The van der Waals surface area contributed by atoms with E-state index in [1.165, 1.54) is 12.1 Å². The van der Waals surface area contributed by atoms with Gasteiger partial charge in [0.1, 0.15) is 0 Å². The van der Waals surface area contributed by atoms with Gasteiger partial charge in [-0.15, -0.1) is 0 Å². The third-order valence-electron chi connectivity index (χ3n) is 4.13. The van der Waals surface area contributed by atoms with Crippen LogP contribution in [0.4, 0.5) is 10.1 Å². The highest BCUT2D eigenvalue weighted by Gasteiger charge is 2.32. The molecule has 2 unspecified atom stereocenters. The van der Waals surface area contributed by atoms with Crippen molar-refractivity contribution >= 4 is 11.6 Å². The zero-order valence-electron chi connectivity index (χ0n) is 14.9. The van der Waals surface area contributed by atoms with Gasteiger partial charge < -0.3 is 10.4 Å². The number of hydrogen-bond acceptors (Lipinski definition) is 4. The Balaban J connectivity index is 2.23. The molecule has 0 spiro atoms. The molecule has 132 valence electrons. The van der Waals surface area contributed by atoms with E-state index in [9.17, 15) is 14.3 Å². The molecule has 1 aromatic carbocycles. The van der Waals surface area contributed by atoms with Gasteiger partial charge in [0.15, 0.2) is 0 Å². The molecule has 6 heteroatoms. The van der Waals surface area contributed by atoms with Gasteiger partial charge in [-0.1, -0.05) is 25.1 Å². The smallest absolute Gasteiger partial charge is 0.257 e. The molecule has 0 saturated carbocycles. The highest BCUT2D eigenvalue weighted by atomic mass is 19.1. The Kier molecular flexibility index (Phi) is 5.30. The summed E-state index contributed by atoms with van der Waals surface area (Å²) in [4.78, 5) is 12.5. The molecule has 1 aliphatic rings. The second-order valence-electron chi connectivity index (χ2n) is 7.07. The first-order chi connectivity index (χ1) is 11.1. The zero-order chi connectivity index (χ0) is 18.1. The van der Waals surface area contributed by atoms with Crippen LogP contribution in [-0.2, 0) is 4.79 Å². The standard InChI is InChI=1S/C18H26FN3O2/c1-11(10-18(3,4)24)13-8-6-7-9-14(13)20-17(23)15-12(2)21-22(5)16(15)19/h6-9,11-12,21,24H,10H2,1-5H3,(H,20,23). The summed E-state index contributed by atoms with van der Waals surface area (Å²) < 4.78 is 14.1. The van der Waals surface area contributed by atoms with Crippen LogP contribution in [0.1, 0.15) is 45.6 Å². The predicted octanol–water partition coefficient (Wildman–Crippen LogP) is 2.91. The van der Waals surface area contributed by atoms with Crippen LogP contribution >= 0.6 is 0 Å². The minimum Gasteiger partial charge on any atom is -0.390 e. The van der Waals surface area contributed by atoms with Gasteiger partial charge in [0.2, 0.25) is 5.95 Å². The van der Waals surface area contributed by atoms with Crippen LogP contribution in [0.15, 0.2) is 35.8 Å². The average molecular weight is 335 g/mol. The lowest BCUT2D eigenvalue weighted by Gasteiger charge is -2.24. The van der Waals surface area contributed by atoms with Gasteiger partial charge in [-0.05, 0) is 44.7 Å². The molecule has 1 amide bonds. The minimum absolute atomic E-state index is 0.0436. The van der Waals surface area contributed by atoms with Crippen molar-refractivity contribution in [1.82, 2.24) is 10.4 Å². The Bertz CT molecular complexity index is 652. The molecular weight excluding hydrogens is 309 g/mol. The van der Waals surface area contributed by atoms with E-state index < -0.39 is 23.5 Å². The first-order valence-corrected chi connectivity index (χ1v) is 8.12. The number of para-hydroxylation sites is 1. The monoisotopic (exact) mass is 335 g/mol. The number of rotatable bonds is 5. The molecule has 0 aliphatic carbocycles. The number of carbonyl (C=O) groups excluding carboxylic acids is 1. The number of anilines is 1. The summed E-state index contributed by atoms with van der Waals surface area (Å²) in [5, 5.41) is 14.1. The summed E-state index contributed by atoms with van der Waals surface area (Å²) in [6.07, 6.45) is 0.553. The van der Waals surface area contributed by atoms with Crippen molar-refractivity contribution in [2.75, 3.05) is 12.4 Å². The summed E-state index contributed by atoms with van der Waals surface area (Å²) in [5.74, 6) is -0.982. The van der Waals surface area contributed by atoms with E-state index in [0.29, 0.717) is 12.1 Å². The van der Waals surface area contributed by atoms with Gasteiger partial charge in [0.05, 0.1) is 17.2 Å². The summed E-state index contributed by atoms with van der Waals surface area (Å²) in [6.45, 7) is 7.25. The van der Waals surface area contributed by atoms with Crippen LogP contribution in [0.5, 0.6) is 0 Å². The number of nitrogens with one attached hydrogen (secondary N) is 2. The Hall–Kier alpha value is -1.92. The lowest BCUT2D eigenvalue weighted by Crippen LogP contribution is -2.33. The fourth-order valence-corrected chi connectivity index (χ4v) is 3.15. The van der Waals surface area contributed by atoms with Crippen LogP contribution in [0, 0.1) is 0 Å².